The van der Waals surface area contributed by atoms with Gasteiger partial charge in [0.05, 0.1) is 6.61 Å². The minimum absolute atomic E-state index is 0.687. The number of hydrogen-bond acceptors (Lipinski definition) is 1. The number of nitrogens with zero attached hydrogens (tertiary/aromatic N) is 1. The Morgan fingerprint density at radius 2 is 1.27 bits per heavy atom. The van der Waals surface area contributed by atoms with Gasteiger partial charge >= 0.3 is 0 Å². The van der Waals surface area contributed by atoms with Crippen molar-refractivity contribution in [1.29, 1.82) is 0 Å². The lowest BCUT2D eigenvalue weighted by Gasteiger charge is -2.07. The van der Waals surface area contributed by atoms with Crippen LogP contribution in [-0.4, -0.2) is 6.61 Å². The largest absolute Gasteiger partial charge is 0.323 e. The molecule has 0 radical (unpaired) electrons. The molecule has 150 valence electrons. The van der Waals surface area contributed by atoms with E-state index in [9.17, 15) is 0 Å². The fourth-order valence-corrected chi connectivity index (χ4v) is 3.58. The Morgan fingerprint density at radius 1 is 0.731 bits per heavy atom. The first-order valence-corrected chi connectivity index (χ1v) is 11.3. The predicted molar refractivity (Wildman–Crippen MR) is 113 cm³/mol. The minimum Gasteiger partial charge on any atom is -0.323 e. The lowest BCUT2D eigenvalue weighted by molar-refractivity contribution is -0.733. The number of aryl methyl sites for hydroxylation is 2. The molecule has 0 saturated carbocycles. The second kappa shape index (κ2) is 15.2. The highest BCUT2D eigenvalue weighted by Crippen LogP contribution is 2.12. The van der Waals surface area contributed by atoms with Gasteiger partial charge < -0.3 is 4.74 Å². The van der Waals surface area contributed by atoms with Gasteiger partial charge in [-0.25, -0.2) is 0 Å². The summed E-state index contributed by atoms with van der Waals surface area (Å²) in [6.45, 7) is 10.5. The van der Waals surface area contributed by atoms with Crippen LogP contribution in [0, 0.1) is 13.8 Å². The summed E-state index contributed by atoms with van der Waals surface area (Å²) in [6, 6.07) is 0. The van der Waals surface area contributed by atoms with Crippen LogP contribution in [0.25, 0.3) is 0 Å². The van der Waals surface area contributed by atoms with Crippen LogP contribution in [0.4, 0.5) is 0 Å². The van der Waals surface area contributed by atoms with Gasteiger partial charge in [-0.3, -0.25) is 0 Å². The van der Waals surface area contributed by atoms with E-state index in [1.165, 1.54) is 93.7 Å². The lowest BCUT2D eigenvalue weighted by atomic mass is 10.1. The molecular formula is C24H44NO+. The van der Waals surface area contributed by atoms with E-state index in [1.807, 2.05) is 0 Å². The molecule has 1 rings (SSSR count). The van der Waals surface area contributed by atoms with Gasteiger partial charge in [0, 0.05) is 11.1 Å². The highest BCUT2D eigenvalue weighted by molar-refractivity contribution is 5.26. The first kappa shape index (κ1) is 23.1. The quantitative estimate of drug-likeness (QED) is 0.232. The van der Waals surface area contributed by atoms with Gasteiger partial charge in [0.1, 0.15) is 0 Å². The second-order valence-electron chi connectivity index (χ2n) is 7.89. The molecule has 1 aromatic heterocycles. The van der Waals surface area contributed by atoms with E-state index in [0.717, 1.165) is 13.0 Å². The summed E-state index contributed by atoms with van der Waals surface area (Å²) >= 11 is 0. The molecule has 0 N–H and O–H groups in total. The third-order valence-electron chi connectivity index (χ3n) is 5.52. The summed E-state index contributed by atoms with van der Waals surface area (Å²) in [5.74, 6) is 0. The minimum atomic E-state index is 0.687. The molecule has 0 bridgehead atoms. The van der Waals surface area contributed by atoms with Gasteiger partial charge in [-0.1, -0.05) is 84.5 Å². The average Bonchev–Trinajstić information content (AvgIpc) is 2.64. The summed E-state index contributed by atoms with van der Waals surface area (Å²) in [5.41, 5.74) is 4.21. The molecule has 1 aromatic rings. The summed E-state index contributed by atoms with van der Waals surface area (Å²) in [7, 11) is 0. The zero-order chi connectivity index (χ0) is 19.0. The number of rotatable bonds is 16. The maximum absolute atomic E-state index is 5.87. The molecule has 1 heterocycles. The van der Waals surface area contributed by atoms with E-state index in [2.05, 4.69) is 44.7 Å². The third kappa shape index (κ3) is 10.3. The van der Waals surface area contributed by atoms with Crippen molar-refractivity contribution in [3.05, 3.63) is 29.1 Å². The normalized spacial score (nSPS) is 11.2. The molecule has 0 aliphatic carbocycles. The van der Waals surface area contributed by atoms with Crippen molar-refractivity contribution >= 4 is 0 Å². The Hall–Kier alpha value is -0.890. The molecule has 0 unspecified atom stereocenters. The van der Waals surface area contributed by atoms with Crippen molar-refractivity contribution in [2.75, 3.05) is 6.61 Å². The van der Waals surface area contributed by atoms with Crippen molar-refractivity contribution in [2.24, 2.45) is 0 Å². The standard InChI is InChI=1S/C24H44NO/c1-5-7-8-9-10-11-12-13-14-15-16-17-18-26-21-25-19-22(3)23(4)24(6-2)20-25/h19-20H,5-18,21H2,1-4H3/q+1. The molecule has 26 heavy (non-hydrogen) atoms. The maximum Gasteiger partial charge on any atom is 0.252 e. The van der Waals surface area contributed by atoms with Crippen molar-refractivity contribution in [1.82, 2.24) is 0 Å². The van der Waals surface area contributed by atoms with Crippen LogP contribution in [0.1, 0.15) is 108 Å². The van der Waals surface area contributed by atoms with Crippen LogP contribution in [-0.2, 0) is 17.9 Å². The summed E-state index contributed by atoms with van der Waals surface area (Å²) in [6.07, 6.45) is 22.2. The molecule has 0 atom stereocenters. The molecule has 0 aliphatic heterocycles. The number of pyridine rings is 1. The number of aromatic nitrogens is 1. The van der Waals surface area contributed by atoms with E-state index < -0.39 is 0 Å². The molecule has 0 spiro atoms. The number of unbranched alkanes of at least 4 members (excludes halogenated alkanes) is 11. The number of hydrogen-bond donors (Lipinski definition) is 0. The Morgan fingerprint density at radius 3 is 1.81 bits per heavy atom. The van der Waals surface area contributed by atoms with Crippen molar-refractivity contribution in [3.8, 4) is 0 Å². The van der Waals surface area contributed by atoms with Crippen molar-refractivity contribution < 1.29 is 9.30 Å². The van der Waals surface area contributed by atoms with E-state index in [4.69, 9.17) is 4.74 Å². The maximum atomic E-state index is 5.87. The monoisotopic (exact) mass is 362 g/mol. The van der Waals surface area contributed by atoms with Crippen molar-refractivity contribution in [3.63, 3.8) is 0 Å². The Bertz CT molecular complexity index is 470. The summed E-state index contributed by atoms with van der Waals surface area (Å²) in [4.78, 5) is 0. The van der Waals surface area contributed by atoms with E-state index in [-0.39, 0.29) is 0 Å². The SMILES string of the molecule is CCCCCCCCCCCCCCOC[n+]1cc(C)c(C)c(CC)c1. The third-order valence-corrected chi connectivity index (χ3v) is 5.52. The molecular weight excluding hydrogens is 318 g/mol. The van der Waals surface area contributed by atoms with Gasteiger partial charge in [-0.15, -0.1) is 0 Å². The van der Waals surface area contributed by atoms with Crippen LogP contribution in [0.15, 0.2) is 12.4 Å². The van der Waals surface area contributed by atoms with E-state index in [0.29, 0.717) is 6.73 Å². The fraction of sp³-hybridized carbons (Fsp3) is 0.792. The highest BCUT2D eigenvalue weighted by Gasteiger charge is 2.08. The molecule has 2 heteroatoms. The Kier molecular flexibility index (Phi) is 13.5. The first-order valence-electron chi connectivity index (χ1n) is 11.3. The van der Waals surface area contributed by atoms with Crippen LogP contribution in [0.5, 0.6) is 0 Å². The molecule has 0 aliphatic rings. The Balaban J connectivity index is 1.94. The molecule has 0 saturated heterocycles. The molecule has 0 aromatic carbocycles. The van der Waals surface area contributed by atoms with Crippen LogP contribution >= 0.6 is 0 Å². The van der Waals surface area contributed by atoms with Gasteiger partial charge in [-0.2, -0.15) is 4.57 Å². The topological polar surface area (TPSA) is 13.1 Å². The zero-order valence-electron chi connectivity index (χ0n) is 18.1. The molecule has 0 fully saturated rings. The van der Waals surface area contributed by atoms with Crippen LogP contribution in [0.3, 0.4) is 0 Å². The zero-order valence-corrected chi connectivity index (χ0v) is 18.1. The van der Waals surface area contributed by atoms with Gasteiger partial charge in [-0.05, 0) is 32.3 Å². The summed E-state index contributed by atoms with van der Waals surface area (Å²) < 4.78 is 8.06. The second-order valence-corrected chi connectivity index (χ2v) is 7.89. The molecule has 2 nitrogen and oxygen atoms in total. The van der Waals surface area contributed by atoms with E-state index >= 15 is 0 Å². The Labute approximate surface area is 163 Å². The highest BCUT2D eigenvalue weighted by atomic mass is 16.5. The molecule has 0 amide bonds. The van der Waals surface area contributed by atoms with E-state index in [1.54, 1.807) is 0 Å². The van der Waals surface area contributed by atoms with Gasteiger partial charge in [0.25, 0.3) is 6.73 Å². The average molecular weight is 363 g/mol. The van der Waals surface area contributed by atoms with Crippen LogP contribution < -0.4 is 4.57 Å². The van der Waals surface area contributed by atoms with Gasteiger partial charge in [0.2, 0.25) is 0 Å². The first-order chi connectivity index (χ1) is 12.7. The van der Waals surface area contributed by atoms with Crippen molar-refractivity contribution in [2.45, 2.75) is 118 Å². The smallest absolute Gasteiger partial charge is 0.252 e. The van der Waals surface area contributed by atoms with Crippen LogP contribution in [0.2, 0.25) is 0 Å². The number of ether oxygens (including phenoxy) is 1. The predicted octanol–water partition coefficient (Wildman–Crippen LogP) is 6.83. The van der Waals surface area contributed by atoms with Gasteiger partial charge in [0.15, 0.2) is 12.4 Å². The lowest BCUT2D eigenvalue weighted by Crippen LogP contribution is -2.36. The summed E-state index contributed by atoms with van der Waals surface area (Å²) in [5, 5.41) is 0. The fourth-order valence-electron chi connectivity index (χ4n) is 3.58.